The Morgan fingerprint density at radius 3 is 2.43 bits per heavy atom. The molecule has 2 aromatic rings. The monoisotopic (exact) mass is 428 g/mol. The summed E-state index contributed by atoms with van der Waals surface area (Å²) in [6.45, 7) is 3.05. The first-order chi connectivity index (χ1) is 14.4. The lowest BCUT2D eigenvalue weighted by Gasteiger charge is -2.25. The fourth-order valence-electron chi connectivity index (χ4n) is 4.45. The zero-order chi connectivity index (χ0) is 21.3. The molecule has 1 saturated heterocycles. The van der Waals surface area contributed by atoms with E-state index in [4.69, 9.17) is 4.74 Å². The van der Waals surface area contributed by atoms with Gasteiger partial charge in [-0.1, -0.05) is 31.0 Å². The van der Waals surface area contributed by atoms with Crippen molar-refractivity contribution >= 4 is 21.6 Å². The number of methoxy groups -OCH3 is 1. The van der Waals surface area contributed by atoms with Gasteiger partial charge in [0.25, 0.3) is 5.91 Å². The normalized spacial score (nSPS) is 19.9. The summed E-state index contributed by atoms with van der Waals surface area (Å²) in [7, 11) is -2.16. The number of hydrogen-bond acceptors (Lipinski definition) is 4. The van der Waals surface area contributed by atoms with Crippen molar-refractivity contribution < 1.29 is 17.9 Å². The Bertz CT molecular complexity index is 1040. The molecule has 0 aromatic heterocycles. The first kappa shape index (κ1) is 20.9. The minimum absolute atomic E-state index is 0.00882. The molecule has 2 aliphatic heterocycles. The second-order valence-electron chi connectivity index (χ2n) is 8.04. The van der Waals surface area contributed by atoms with Crippen LogP contribution in [0, 0.1) is 0 Å². The van der Waals surface area contributed by atoms with Gasteiger partial charge in [0.05, 0.1) is 17.6 Å². The summed E-state index contributed by atoms with van der Waals surface area (Å²) in [5, 5.41) is 0. The van der Waals surface area contributed by atoms with Gasteiger partial charge in [-0.05, 0) is 56.0 Å². The number of para-hydroxylation sites is 1. The highest BCUT2D eigenvalue weighted by molar-refractivity contribution is 7.89. The molecule has 0 N–H and O–H groups in total. The second kappa shape index (κ2) is 8.40. The molecule has 1 amide bonds. The summed E-state index contributed by atoms with van der Waals surface area (Å²) in [5.74, 6) is 0.142. The van der Waals surface area contributed by atoms with Gasteiger partial charge in [0.2, 0.25) is 10.0 Å². The number of hydrogen-bond donors (Lipinski definition) is 0. The van der Waals surface area contributed by atoms with Gasteiger partial charge in [-0.2, -0.15) is 4.31 Å². The van der Waals surface area contributed by atoms with E-state index in [0.717, 1.165) is 43.4 Å². The number of fused-ring (bicyclic) bond motifs is 1. The topological polar surface area (TPSA) is 66.9 Å². The highest BCUT2D eigenvalue weighted by atomic mass is 32.2. The second-order valence-corrected chi connectivity index (χ2v) is 9.98. The van der Waals surface area contributed by atoms with Crippen molar-refractivity contribution in [3.63, 3.8) is 0 Å². The van der Waals surface area contributed by atoms with Crippen LogP contribution >= 0.6 is 0 Å². The van der Waals surface area contributed by atoms with Crippen molar-refractivity contribution in [3.05, 3.63) is 53.6 Å². The highest BCUT2D eigenvalue weighted by Gasteiger charge is 2.34. The van der Waals surface area contributed by atoms with Crippen LogP contribution in [0.1, 0.15) is 48.5 Å². The number of anilines is 1. The van der Waals surface area contributed by atoms with E-state index in [2.05, 4.69) is 0 Å². The number of benzene rings is 2. The maximum Gasteiger partial charge on any atom is 0.262 e. The van der Waals surface area contributed by atoms with E-state index < -0.39 is 10.0 Å². The maximum absolute atomic E-state index is 13.5. The number of ether oxygens (including phenoxy) is 1. The van der Waals surface area contributed by atoms with Gasteiger partial charge in [0, 0.05) is 24.8 Å². The zero-order valence-electron chi connectivity index (χ0n) is 17.5. The van der Waals surface area contributed by atoms with Crippen molar-refractivity contribution in [2.24, 2.45) is 0 Å². The summed E-state index contributed by atoms with van der Waals surface area (Å²) in [6.07, 6.45) is 4.59. The number of rotatable bonds is 4. The van der Waals surface area contributed by atoms with E-state index >= 15 is 0 Å². The Kier molecular flexibility index (Phi) is 5.84. The molecule has 6 nitrogen and oxygen atoms in total. The molecule has 0 spiro atoms. The van der Waals surface area contributed by atoms with Crippen LogP contribution in [0.3, 0.4) is 0 Å². The molecule has 0 bridgehead atoms. The quantitative estimate of drug-likeness (QED) is 0.742. The summed E-state index contributed by atoms with van der Waals surface area (Å²) < 4.78 is 33.5. The van der Waals surface area contributed by atoms with E-state index in [9.17, 15) is 13.2 Å². The van der Waals surface area contributed by atoms with E-state index in [0.29, 0.717) is 18.8 Å². The predicted octanol–water partition coefficient (Wildman–Crippen LogP) is 3.85. The van der Waals surface area contributed by atoms with Crippen LogP contribution in [-0.4, -0.2) is 44.9 Å². The summed E-state index contributed by atoms with van der Waals surface area (Å²) in [4.78, 5) is 15.4. The average Bonchev–Trinajstić information content (AvgIpc) is 2.91. The third-order valence-electron chi connectivity index (χ3n) is 6.03. The number of sulfonamides is 1. The van der Waals surface area contributed by atoms with Crippen molar-refractivity contribution in [2.75, 3.05) is 25.1 Å². The molecule has 2 aliphatic rings. The predicted molar refractivity (Wildman–Crippen MR) is 117 cm³/mol. The minimum atomic E-state index is -3.66. The van der Waals surface area contributed by atoms with Crippen LogP contribution in [0.5, 0.6) is 5.75 Å². The molecule has 30 heavy (non-hydrogen) atoms. The van der Waals surface area contributed by atoms with Crippen molar-refractivity contribution in [1.82, 2.24) is 4.31 Å². The molecule has 2 aromatic carbocycles. The van der Waals surface area contributed by atoms with E-state index in [1.807, 2.05) is 31.2 Å². The van der Waals surface area contributed by atoms with Crippen molar-refractivity contribution in [2.45, 2.75) is 50.0 Å². The van der Waals surface area contributed by atoms with E-state index in [-0.39, 0.29) is 22.4 Å². The van der Waals surface area contributed by atoms with Gasteiger partial charge in [-0.25, -0.2) is 8.42 Å². The van der Waals surface area contributed by atoms with Gasteiger partial charge in [0.15, 0.2) is 0 Å². The SMILES string of the molecule is COc1ccc(S(=O)(=O)N2CCCCCC2)cc1C(=O)N1c2ccccc2CC1C. The summed E-state index contributed by atoms with van der Waals surface area (Å²) in [6, 6.07) is 12.4. The molecule has 1 atom stereocenters. The molecule has 160 valence electrons. The average molecular weight is 429 g/mol. The lowest BCUT2D eigenvalue weighted by Crippen LogP contribution is -2.36. The summed E-state index contributed by atoms with van der Waals surface area (Å²) >= 11 is 0. The smallest absolute Gasteiger partial charge is 0.262 e. The number of amides is 1. The maximum atomic E-state index is 13.5. The van der Waals surface area contributed by atoms with Crippen molar-refractivity contribution in [3.8, 4) is 5.75 Å². The number of carbonyl (C=O) groups excluding carboxylic acids is 1. The Morgan fingerprint density at radius 1 is 1.03 bits per heavy atom. The van der Waals surface area contributed by atoms with E-state index in [1.54, 1.807) is 15.3 Å². The van der Waals surface area contributed by atoms with Crippen LogP contribution < -0.4 is 9.64 Å². The third kappa shape index (κ3) is 3.72. The Balaban J connectivity index is 1.72. The minimum Gasteiger partial charge on any atom is -0.496 e. The first-order valence-electron chi connectivity index (χ1n) is 10.5. The fourth-order valence-corrected chi connectivity index (χ4v) is 5.99. The Morgan fingerprint density at radius 2 is 1.73 bits per heavy atom. The van der Waals surface area contributed by atoms with Gasteiger partial charge in [-0.3, -0.25) is 4.79 Å². The van der Waals surface area contributed by atoms with Crippen LogP contribution in [0.4, 0.5) is 5.69 Å². The van der Waals surface area contributed by atoms with Crippen molar-refractivity contribution in [1.29, 1.82) is 0 Å². The molecule has 0 aliphatic carbocycles. The van der Waals surface area contributed by atoms with Crippen LogP contribution in [0.15, 0.2) is 47.4 Å². The van der Waals surface area contributed by atoms with Crippen LogP contribution in [0.2, 0.25) is 0 Å². The molecule has 7 heteroatoms. The van der Waals surface area contributed by atoms with Gasteiger partial charge < -0.3 is 9.64 Å². The van der Waals surface area contributed by atoms with Gasteiger partial charge >= 0.3 is 0 Å². The molecular weight excluding hydrogens is 400 g/mol. The molecule has 2 heterocycles. The third-order valence-corrected chi connectivity index (χ3v) is 7.92. The number of nitrogens with zero attached hydrogens (tertiary/aromatic N) is 2. The largest absolute Gasteiger partial charge is 0.496 e. The van der Waals surface area contributed by atoms with Gasteiger partial charge in [0.1, 0.15) is 5.75 Å². The summed E-state index contributed by atoms with van der Waals surface area (Å²) in [5.41, 5.74) is 2.26. The molecule has 0 saturated carbocycles. The standard InChI is InChI=1S/C23H28N2O4S/c1-17-15-18-9-5-6-10-21(18)25(17)23(26)20-16-19(11-12-22(20)29-2)30(27,28)24-13-7-3-4-8-14-24/h5-6,9-12,16-17H,3-4,7-8,13-15H2,1-2H3. The fraction of sp³-hybridized carbons (Fsp3) is 0.435. The van der Waals surface area contributed by atoms with Crippen LogP contribution in [0.25, 0.3) is 0 Å². The van der Waals surface area contributed by atoms with Crippen LogP contribution in [-0.2, 0) is 16.4 Å². The Labute approximate surface area is 178 Å². The first-order valence-corrected chi connectivity index (χ1v) is 12.0. The van der Waals surface area contributed by atoms with E-state index in [1.165, 1.54) is 19.2 Å². The lowest BCUT2D eigenvalue weighted by molar-refractivity contribution is 0.0978. The zero-order valence-corrected chi connectivity index (χ0v) is 18.3. The highest BCUT2D eigenvalue weighted by Crippen LogP contribution is 2.35. The molecule has 0 radical (unpaired) electrons. The lowest BCUT2D eigenvalue weighted by atomic mass is 10.1. The molecule has 1 unspecified atom stereocenters. The molecule has 1 fully saturated rings. The Hall–Kier alpha value is -2.38. The molecule has 4 rings (SSSR count). The number of carbonyl (C=O) groups is 1. The molecular formula is C23H28N2O4S. The van der Waals surface area contributed by atoms with Gasteiger partial charge in [-0.15, -0.1) is 0 Å².